The highest BCUT2D eigenvalue weighted by Crippen LogP contribution is 2.36. The van der Waals surface area contributed by atoms with Gasteiger partial charge in [0.05, 0.1) is 10.6 Å². The number of carbonyl (C=O) groups excluding carboxylic acids is 1. The van der Waals surface area contributed by atoms with Crippen LogP contribution in [-0.4, -0.2) is 23.8 Å². The maximum atomic E-state index is 13.0. The maximum absolute atomic E-state index is 13.0. The fourth-order valence-electron chi connectivity index (χ4n) is 2.75. The maximum Gasteiger partial charge on any atom is 0.417 e. The van der Waals surface area contributed by atoms with Crippen LogP contribution in [0.5, 0.6) is 11.5 Å². The number of nitrogens with two attached hydrogens (primary N) is 1. The lowest BCUT2D eigenvalue weighted by atomic mass is 10.2. The predicted molar refractivity (Wildman–Crippen MR) is 123 cm³/mol. The summed E-state index contributed by atoms with van der Waals surface area (Å²) < 4.78 is 44.7. The van der Waals surface area contributed by atoms with Gasteiger partial charge in [0.15, 0.2) is 5.84 Å². The van der Waals surface area contributed by atoms with Crippen molar-refractivity contribution in [2.75, 3.05) is 12.4 Å². The number of amidine groups is 1. The number of amides is 1. The van der Waals surface area contributed by atoms with E-state index in [0.717, 1.165) is 12.1 Å². The zero-order valence-electron chi connectivity index (χ0n) is 17.6. The van der Waals surface area contributed by atoms with Crippen molar-refractivity contribution < 1.29 is 27.5 Å². The van der Waals surface area contributed by atoms with Gasteiger partial charge in [0.25, 0.3) is 0 Å². The summed E-state index contributed by atoms with van der Waals surface area (Å²) in [7, 11) is 1.36. The fraction of sp³-hybridized carbons (Fsp3) is 0.0870. The van der Waals surface area contributed by atoms with Crippen LogP contribution in [0, 0.1) is 0 Å². The van der Waals surface area contributed by atoms with Crippen LogP contribution in [0.3, 0.4) is 0 Å². The lowest BCUT2D eigenvalue weighted by molar-refractivity contribution is -0.137. The van der Waals surface area contributed by atoms with Crippen LogP contribution in [0.2, 0.25) is 5.02 Å². The molecule has 0 atom stereocenters. The molecule has 0 spiro atoms. The number of oxime groups is 1. The second-order valence-electron chi connectivity index (χ2n) is 6.73. The Hall–Kier alpha value is -4.05. The Morgan fingerprint density at radius 1 is 1.15 bits per heavy atom. The second-order valence-corrected chi connectivity index (χ2v) is 7.13. The molecule has 0 fully saturated rings. The van der Waals surface area contributed by atoms with Gasteiger partial charge in [-0.3, -0.25) is 9.78 Å². The molecule has 0 unspecified atom stereocenters. The zero-order chi connectivity index (χ0) is 24.7. The lowest BCUT2D eigenvalue weighted by Gasteiger charge is -2.11. The van der Waals surface area contributed by atoms with E-state index >= 15 is 0 Å². The van der Waals surface area contributed by atoms with Gasteiger partial charge in [0.1, 0.15) is 24.3 Å². The third-order valence-corrected chi connectivity index (χ3v) is 4.57. The minimum atomic E-state index is -4.63. The molecular formula is C23H18ClF3N4O3. The number of hydrogen-bond donors (Lipinski definition) is 2. The molecule has 0 saturated carbocycles. The van der Waals surface area contributed by atoms with Crippen LogP contribution >= 0.6 is 11.6 Å². The number of rotatable bonds is 7. The summed E-state index contributed by atoms with van der Waals surface area (Å²) in [6.07, 6.45) is -0.457. The molecule has 0 radical (unpaired) electrons. The van der Waals surface area contributed by atoms with Gasteiger partial charge in [-0.05, 0) is 48.0 Å². The number of nitrogens with one attached hydrogen (secondary N) is 1. The van der Waals surface area contributed by atoms with E-state index in [1.165, 1.54) is 31.5 Å². The van der Waals surface area contributed by atoms with Crippen molar-refractivity contribution >= 4 is 35.1 Å². The Labute approximate surface area is 197 Å². The minimum Gasteiger partial charge on any atom is -0.457 e. The van der Waals surface area contributed by atoms with Crippen LogP contribution in [0.4, 0.5) is 18.9 Å². The van der Waals surface area contributed by atoms with Crippen molar-refractivity contribution in [2.45, 2.75) is 6.18 Å². The van der Waals surface area contributed by atoms with Crippen LogP contribution in [-0.2, 0) is 15.8 Å². The highest BCUT2D eigenvalue weighted by Gasteiger charge is 2.33. The molecule has 3 rings (SSSR count). The molecule has 1 amide bonds. The van der Waals surface area contributed by atoms with Gasteiger partial charge < -0.3 is 20.6 Å². The number of aromatic nitrogens is 1. The summed E-state index contributed by atoms with van der Waals surface area (Å²) in [5, 5.41) is 5.54. The molecule has 0 bridgehead atoms. The third kappa shape index (κ3) is 6.72. The molecule has 0 aliphatic carbocycles. The Morgan fingerprint density at radius 3 is 2.65 bits per heavy atom. The van der Waals surface area contributed by atoms with Gasteiger partial charge in [-0.1, -0.05) is 28.9 Å². The minimum absolute atomic E-state index is 0.0340. The summed E-state index contributed by atoms with van der Waals surface area (Å²) in [6, 6.07) is 13.1. The summed E-state index contributed by atoms with van der Waals surface area (Å²) in [5.74, 6) is 0.378. The van der Waals surface area contributed by atoms with Crippen LogP contribution in [0.15, 0.2) is 72.0 Å². The average Bonchev–Trinajstić information content (AvgIpc) is 2.79. The molecule has 11 heteroatoms. The molecule has 0 aliphatic heterocycles. The van der Waals surface area contributed by atoms with Crippen molar-refractivity contribution in [3.63, 3.8) is 0 Å². The van der Waals surface area contributed by atoms with Crippen LogP contribution in [0.1, 0.15) is 16.8 Å². The van der Waals surface area contributed by atoms with E-state index in [1.54, 1.807) is 36.4 Å². The molecule has 2 aromatic carbocycles. The molecule has 1 aromatic heterocycles. The molecule has 1 heterocycles. The first kappa shape index (κ1) is 24.6. The number of carbonyl (C=O) groups is 1. The smallest absolute Gasteiger partial charge is 0.417 e. The number of ether oxygens (including phenoxy) is 1. The standard InChI is InChI=1S/C23H18ClF3N4O3/c1-33-31-22(28)20-13-17(9-10-29-20)34-16-4-2-3-14(11-16)5-8-21(32)30-15-6-7-19(24)18(12-15)23(25,26)27/h2-13H,1H3,(H2,28,31)(H,30,32). The first-order valence-corrected chi connectivity index (χ1v) is 10.0. The number of nitrogens with zero attached hydrogens (tertiary/aromatic N) is 2. The SMILES string of the molecule is CON=C(N)c1cc(Oc2cccc(C=CC(=O)Nc3ccc(Cl)c(C(F)(F)F)c3)c2)ccn1. The number of anilines is 1. The van der Waals surface area contributed by atoms with E-state index in [1.807, 2.05) is 0 Å². The van der Waals surface area contributed by atoms with Crippen LogP contribution < -0.4 is 15.8 Å². The number of pyridine rings is 1. The van der Waals surface area contributed by atoms with E-state index in [0.29, 0.717) is 22.8 Å². The molecule has 7 nitrogen and oxygen atoms in total. The zero-order valence-corrected chi connectivity index (χ0v) is 18.4. The fourth-order valence-corrected chi connectivity index (χ4v) is 2.98. The third-order valence-electron chi connectivity index (χ3n) is 4.24. The quantitative estimate of drug-likeness (QED) is 0.198. The predicted octanol–water partition coefficient (Wildman–Crippen LogP) is 5.46. The Kier molecular flexibility index (Phi) is 7.75. The number of halogens is 4. The monoisotopic (exact) mass is 490 g/mol. The highest BCUT2D eigenvalue weighted by atomic mass is 35.5. The Morgan fingerprint density at radius 2 is 1.91 bits per heavy atom. The molecule has 176 valence electrons. The van der Waals surface area contributed by atoms with Crippen molar-refractivity contribution in [2.24, 2.45) is 10.9 Å². The van der Waals surface area contributed by atoms with Crippen molar-refractivity contribution in [1.82, 2.24) is 4.98 Å². The largest absolute Gasteiger partial charge is 0.457 e. The first-order chi connectivity index (χ1) is 16.2. The van der Waals surface area contributed by atoms with E-state index in [4.69, 9.17) is 22.1 Å². The van der Waals surface area contributed by atoms with Gasteiger partial charge >= 0.3 is 6.18 Å². The van der Waals surface area contributed by atoms with E-state index < -0.39 is 22.7 Å². The number of benzene rings is 2. The number of hydrogen-bond acceptors (Lipinski definition) is 5. The van der Waals surface area contributed by atoms with Crippen molar-refractivity contribution in [3.05, 3.63) is 88.7 Å². The van der Waals surface area contributed by atoms with E-state index in [2.05, 4.69) is 20.3 Å². The Bertz CT molecular complexity index is 1250. The molecule has 0 saturated heterocycles. The Balaban J connectivity index is 1.69. The van der Waals surface area contributed by atoms with Crippen LogP contribution in [0.25, 0.3) is 6.08 Å². The van der Waals surface area contributed by atoms with E-state index in [9.17, 15) is 18.0 Å². The molecule has 3 aromatic rings. The summed E-state index contributed by atoms with van der Waals surface area (Å²) in [5.41, 5.74) is 5.67. The highest BCUT2D eigenvalue weighted by molar-refractivity contribution is 6.31. The van der Waals surface area contributed by atoms with Gasteiger partial charge in [0, 0.05) is 24.0 Å². The van der Waals surface area contributed by atoms with Gasteiger partial charge in [-0.2, -0.15) is 13.2 Å². The summed E-state index contributed by atoms with van der Waals surface area (Å²) in [4.78, 5) is 20.9. The molecule has 0 aliphatic rings. The first-order valence-electron chi connectivity index (χ1n) is 9.62. The van der Waals surface area contributed by atoms with Gasteiger partial charge in [-0.25, -0.2) is 0 Å². The topological polar surface area (TPSA) is 98.8 Å². The molecular weight excluding hydrogens is 473 g/mol. The van der Waals surface area contributed by atoms with Crippen molar-refractivity contribution in [1.29, 1.82) is 0 Å². The van der Waals surface area contributed by atoms with E-state index in [-0.39, 0.29) is 11.5 Å². The summed E-state index contributed by atoms with van der Waals surface area (Å²) in [6.45, 7) is 0. The van der Waals surface area contributed by atoms with Crippen molar-refractivity contribution in [3.8, 4) is 11.5 Å². The normalized spacial score (nSPS) is 12.0. The average molecular weight is 491 g/mol. The molecule has 34 heavy (non-hydrogen) atoms. The lowest BCUT2D eigenvalue weighted by Crippen LogP contribution is -2.15. The molecule has 3 N–H and O–H groups in total. The summed E-state index contributed by atoms with van der Waals surface area (Å²) >= 11 is 5.59. The second kappa shape index (κ2) is 10.7. The number of alkyl halides is 3. The van der Waals surface area contributed by atoms with Gasteiger partial charge in [-0.15, -0.1) is 0 Å². The van der Waals surface area contributed by atoms with Gasteiger partial charge in [0.2, 0.25) is 5.91 Å².